The molecule has 0 radical (unpaired) electrons. The number of aryl methyl sites for hydroxylation is 1. The molecular formula is C15H20BrN3O2. The van der Waals surface area contributed by atoms with Gasteiger partial charge in [0.05, 0.1) is 13.2 Å². The molecular weight excluding hydrogens is 334 g/mol. The van der Waals surface area contributed by atoms with E-state index in [0.717, 1.165) is 34.6 Å². The van der Waals surface area contributed by atoms with Gasteiger partial charge in [0, 0.05) is 23.0 Å². The normalized spacial score (nSPS) is 12.7. The summed E-state index contributed by atoms with van der Waals surface area (Å²) in [5, 5.41) is 3.95. The van der Waals surface area contributed by atoms with Gasteiger partial charge in [-0.1, -0.05) is 28.0 Å². The number of aromatic nitrogens is 2. The van der Waals surface area contributed by atoms with Gasteiger partial charge in [-0.05, 0) is 32.2 Å². The molecule has 1 heterocycles. The van der Waals surface area contributed by atoms with E-state index in [0.29, 0.717) is 5.89 Å². The van der Waals surface area contributed by atoms with Gasteiger partial charge < -0.3 is 9.26 Å². The van der Waals surface area contributed by atoms with Crippen LogP contribution in [0.3, 0.4) is 0 Å². The highest BCUT2D eigenvalue weighted by molar-refractivity contribution is 9.10. The van der Waals surface area contributed by atoms with Crippen molar-refractivity contribution in [2.45, 2.75) is 32.9 Å². The molecule has 0 spiro atoms. The van der Waals surface area contributed by atoms with Crippen molar-refractivity contribution in [3.63, 3.8) is 0 Å². The third-order valence-electron chi connectivity index (χ3n) is 3.48. The van der Waals surface area contributed by atoms with Gasteiger partial charge in [-0.25, -0.2) is 0 Å². The van der Waals surface area contributed by atoms with Crippen molar-refractivity contribution in [1.82, 2.24) is 15.0 Å². The summed E-state index contributed by atoms with van der Waals surface area (Å²) in [6.07, 6.45) is 0.777. The van der Waals surface area contributed by atoms with E-state index in [1.54, 1.807) is 7.11 Å². The lowest BCUT2D eigenvalue weighted by molar-refractivity contribution is 0.200. The lowest BCUT2D eigenvalue weighted by Gasteiger charge is -2.22. The van der Waals surface area contributed by atoms with Gasteiger partial charge in [0.1, 0.15) is 5.75 Å². The first-order chi connectivity index (χ1) is 10.0. The monoisotopic (exact) mass is 353 g/mol. The molecule has 0 aliphatic heterocycles. The number of benzene rings is 1. The van der Waals surface area contributed by atoms with Gasteiger partial charge in [0.2, 0.25) is 5.89 Å². The van der Waals surface area contributed by atoms with E-state index in [2.05, 4.69) is 44.0 Å². The van der Waals surface area contributed by atoms with Crippen LogP contribution in [-0.4, -0.2) is 29.2 Å². The predicted octanol–water partition coefficient (Wildman–Crippen LogP) is 3.60. The number of ether oxygens (including phenoxy) is 1. The summed E-state index contributed by atoms with van der Waals surface area (Å²) in [7, 11) is 3.71. The van der Waals surface area contributed by atoms with Crippen molar-refractivity contribution < 1.29 is 9.26 Å². The van der Waals surface area contributed by atoms with E-state index in [4.69, 9.17) is 9.26 Å². The van der Waals surface area contributed by atoms with Crippen molar-refractivity contribution >= 4 is 15.9 Å². The Hall–Kier alpha value is -1.40. The maximum Gasteiger partial charge on any atom is 0.243 e. The first kappa shape index (κ1) is 16.0. The van der Waals surface area contributed by atoms with Crippen LogP contribution >= 0.6 is 15.9 Å². The minimum atomic E-state index is 0.0430. The van der Waals surface area contributed by atoms with Crippen LogP contribution in [0.1, 0.15) is 37.2 Å². The summed E-state index contributed by atoms with van der Waals surface area (Å²) in [4.78, 5) is 6.54. The first-order valence-corrected chi connectivity index (χ1v) is 7.69. The number of halogens is 1. The maximum atomic E-state index is 5.41. The Morgan fingerprint density at radius 2 is 2.19 bits per heavy atom. The Morgan fingerprint density at radius 3 is 2.81 bits per heavy atom. The molecule has 1 aromatic heterocycles. The van der Waals surface area contributed by atoms with E-state index in [9.17, 15) is 0 Å². The Bertz CT molecular complexity index is 600. The van der Waals surface area contributed by atoms with E-state index in [1.807, 2.05) is 26.1 Å². The van der Waals surface area contributed by atoms with Gasteiger partial charge in [-0.2, -0.15) is 4.98 Å². The molecule has 2 rings (SSSR count). The Morgan fingerprint density at radius 1 is 1.43 bits per heavy atom. The number of hydrogen-bond donors (Lipinski definition) is 0. The molecule has 114 valence electrons. The van der Waals surface area contributed by atoms with Crippen LogP contribution in [0.2, 0.25) is 0 Å². The van der Waals surface area contributed by atoms with Crippen LogP contribution in [0.5, 0.6) is 5.75 Å². The molecule has 6 heteroatoms. The highest BCUT2D eigenvalue weighted by Gasteiger charge is 2.19. The number of methoxy groups -OCH3 is 1. The molecule has 0 fully saturated rings. The van der Waals surface area contributed by atoms with E-state index < -0.39 is 0 Å². The fraction of sp³-hybridized carbons (Fsp3) is 0.467. The van der Waals surface area contributed by atoms with Crippen LogP contribution in [-0.2, 0) is 13.0 Å². The third kappa shape index (κ3) is 3.83. The lowest BCUT2D eigenvalue weighted by Crippen LogP contribution is -2.22. The van der Waals surface area contributed by atoms with Crippen LogP contribution < -0.4 is 4.74 Å². The molecule has 0 saturated carbocycles. The third-order valence-corrected chi connectivity index (χ3v) is 3.97. The van der Waals surface area contributed by atoms with E-state index in [-0.39, 0.29) is 6.04 Å². The molecule has 0 unspecified atom stereocenters. The van der Waals surface area contributed by atoms with Gasteiger partial charge in [-0.15, -0.1) is 0 Å². The average Bonchev–Trinajstić information content (AvgIpc) is 2.95. The molecule has 0 aliphatic rings. The molecule has 0 bridgehead atoms. The fourth-order valence-electron chi connectivity index (χ4n) is 2.05. The van der Waals surface area contributed by atoms with Gasteiger partial charge >= 0.3 is 0 Å². The summed E-state index contributed by atoms with van der Waals surface area (Å²) in [6.45, 7) is 4.79. The molecule has 0 saturated heterocycles. The van der Waals surface area contributed by atoms with E-state index in [1.165, 1.54) is 0 Å². The summed E-state index contributed by atoms with van der Waals surface area (Å²) in [5.41, 5.74) is 1.11. The zero-order valence-corrected chi connectivity index (χ0v) is 14.3. The van der Waals surface area contributed by atoms with Crippen molar-refractivity contribution in [3.8, 4) is 5.75 Å². The molecule has 1 atom stereocenters. The van der Waals surface area contributed by atoms with Crippen molar-refractivity contribution in [2.75, 3.05) is 14.2 Å². The number of nitrogens with zero attached hydrogens (tertiary/aromatic N) is 3. The van der Waals surface area contributed by atoms with Gasteiger partial charge in [0.15, 0.2) is 5.82 Å². The van der Waals surface area contributed by atoms with Crippen LogP contribution in [0, 0.1) is 0 Å². The minimum absolute atomic E-state index is 0.0430. The highest BCUT2D eigenvalue weighted by atomic mass is 79.9. The second-order valence-corrected chi connectivity index (χ2v) is 5.87. The molecule has 0 N–H and O–H groups in total. The minimum Gasteiger partial charge on any atom is -0.496 e. The zero-order valence-electron chi connectivity index (χ0n) is 12.8. The summed E-state index contributed by atoms with van der Waals surface area (Å²) in [6, 6.07) is 6.03. The summed E-state index contributed by atoms with van der Waals surface area (Å²) < 4.78 is 11.8. The summed E-state index contributed by atoms with van der Waals surface area (Å²) in [5.74, 6) is 2.26. The standard InChI is InChI=1S/C15H20BrN3O2/c1-5-14-17-15(21-18-14)10(2)19(3)9-11-8-12(16)6-7-13(11)20-4/h6-8,10H,5,9H2,1-4H3/t10-/m0/s1. The number of rotatable bonds is 6. The SMILES string of the molecule is CCc1noc([C@H](C)N(C)Cc2cc(Br)ccc2OC)n1. The topological polar surface area (TPSA) is 51.4 Å². The van der Waals surface area contributed by atoms with Crippen molar-refractivity contribution in [3.05, 3.63) is 40.0 Å². The van der Waals surface area contributed by atoms with Gasteiger partial charge in [0.25, 0.3) is 0 Å². The van der Waals surface area contributed by atoms with E-state index >= 15 is 0 Å². The summed E-state index contributed by atoms with van der Waals surface area (Å²) >= 11 is 3.50. The second-order valence-electron chi connectivity index (χ2n) is 4.95. The molecule has 21 heavy (non-hydrogen) atoms. The van der Waals surface area contributed by atoms with Crippen molar-refractivity contribution in [1.29, 1.82) is 0 Å². The smallest absolute Gasteiger partial charge is 0.243 e. The quantitative estimate of drug-likeness (QED) is 0.793. The molecule has 2 aromatic rings. The van der Waals surface area contributed by atoms with Crippen molar-refractivity contribution in [2.24, 2.45) is 0 Å². The van der Waals surface area contributed by atoms with Crippen LogP contribution in [0.4, 0.5) is 0 Å². The highest BCUT2D eigenvalue weighted by Crippen LogP contribution is 2.27. The first-order valence-electron chi connectivity index (χ1n) is 6.90. The lowest BCUT2D eigenvalue weighted by atomic mass is 10.1. The number of hydrogen-bond acceptors (Lipinski definition) is 5. The van der Waals surface area contributed by atoms with Gasteiger partial charge in [-0.3, -0.25) is 4.90 Å². The zero-order chi connectivity index (χ0) is 15.4. The largest absolute Gasteiger partial charge is 0.496 e. The molecule has 5 nitrogen and oxygen atoms in total. The Kier molecular flexibility index (Phi) is 5.36. The molecule has 0 amide bonds. The Labute approximate surface area is 133 Å². The van der Waals surface area contributed by atoms with Crippen LogP contribution in [0.25, 0.3) is 0 Å². The predicted molar refractivity (Wildman–Crippen MR) is 84.3 cm³/mol. The fourth-order valence-corrected chi connectivity index (χ4v) is 2.45. The van der Waals surface area contributed by atoms with Crippen LogP contribution in [0.15, 0.2) is 27.2 Å². The maximum absolute atomic E-state index is 5.41. The Balaban J connectivity index is 2.13. The molecule has 0 aliphatic carbocycles. The molecule has 1 aromatic carbocycles. The second kappa shape index (κ2) is 7.04. The average molecular weight is 354 g/mol.